The van der Waals surface area contributed by atoms with Gasteiger partial charge in [-0.1, -0.05) is 0 Å². The lowest BCUT2D eigenvalue weighted by atomic mass is 10.8. The normalized spacial score (nSPS) is 9.43. The highest BCUT2D eigenvalue weighted by atomic mass is 128. The first-order valence-electron chi connectivity index (χ1n) is 1.93. The molecule has 0 rings (SSSR count). The number of hydrogen-bond acceptors (Lipinski definition) is 0. The molecule has 0 aliphatic rings. The molecule has 0 aromatic carbocycles. The first kappa shape index (κ1) is 11.2. The molecule has 0 aliphatic heterocycles. The van der Waals surface area contributed by atoms with E-state index in [0.29, 0.717) is 0 Å². The molecule has 1 nitrogen and oxygen atoms in total. The van der Waals surface area contributed by atoms with Crippen molar-refractivity contribution in [1.29, 1.82) is 0 Å². The highest BCUT2D eigenvalue weighted by Crippen LogP contribution is 1.89. The highest BCUT2D eigenvalue weighted by molar-refractivity contribution is 15.0. The van der Waals surface area contributed by atoms with Gasteiger partial charge in [-0.3, -0.25) is 0 Å². The molecular weight excluding hydrogens is 316 g/mol. The van der Waals surface area contributed by atoms with E-state index in [-0.39, 0.29) is 0 Å². The van der Waals surface area contributed by atoms with Crippen molar-refractivity contribution in [3.05, 3.63) is 0 Å². The van der Waals surface area contributed by atoms with E-state index in [1.165, 1.54) is 0 Å². The van der Waals surface area contributed by atoms with Crippen molar-refractivity contribution in [1.82, 2.24) is 0 Å². The molecule has 0 bridgehead atoms. The average Bonchev–Trinajstić information content (AvgIpc) is 1.36. The number of nitrogens with zero attached hydrogens (tertiary/aromatic N) is 1. The Morgan fingerprint density at radius 3 is 0.857 bits per heavy atom. The smallest absolute Gasteiger partial charge is 0.0675 e. The third-order valence-electron chi connectivity index (χ3n) is 0. The molecule has 46 valence electrons. The molecule has 0 saturated heterocycles. The number of rotatable bonds is 0. The third kappa shape index (κ3) is 108. The van der Waals surface area contributed by atoms with E-state index in [1.54, 1.807) is 0 Å². The number of quaternary nitrogens is 1. The molecule has 0 fully saturated rings. The van der Waals surface area contributed by atoms with Gasteiger partial charge in [0.1, 0.15) is 0 Å². The molecule has 0 unspecified atom stereocenters. The van der Waals surface area contributed by atoms with Gasteiger partial charge in [0.05, 0.1) is 28.2 Å². The number of hydrogen-bond donors (Lipinski definition) is 0. The van der Waals surface area contributed by atoms with Crippen LogP contribution >= 0.6 is 37.2 Å². The molecular formula is C4H12I2N+. The Balaban J connectivity index is 0. The van der Waals surface area contributed by atoms with Crippen LogP contribution in [0.15, 0.2) is 0 Å². The van der Waals surface area contributed by atoms with E-state index in [1.807, 2.05) is 0 Å². The first-order chi connectivity index (χ1) is 3.00. The van der Waals surface area contributed by atoms with Crippen LogP contribution in [0.1, 0.15) is 0 Å². The summed E-state index contributed by atoms with van der Waals surface area (Å²) in [6, 6.07) is 0. The van der Waals surface area contributed by atoms with E-state index in [0.717, 1.165) is 4.48 Å². The Hall–Kier alpha value is 1.42. The van der Waals surface area contributed by atoms with E-state index >= 15 is 0 Å². The highest BCUT2D eigenvalue weighted by Gasteiger charge is 1.88. The van der Waals surface area contributed by atoms with Crippen molar-refractivity contribution in [2.45, 2.75) is 0 Å². The monoisotopic (exact) mass is 328 g/mol. The van der Waals surface area contributed by atoms with Crippen LogP contribution in [0.3, 0.4) is 0 Å². The van der Waals surface area contributed by atoms with Gasteiger partial charge in [0.25, 0.3) is 0 Å². The molecule has 0 amide bonds. The summed E-state index contributed by atoms with van der Waals surface area (Å²) in [6.45, 7) is 0. The van der Waals surface area contributed by atoms with Crippen LogP contribution in [0, 0.1) is 0 Å². The van der Waals surface area contributed by atoms with Crippen molar-refractivity contribution in [3.8, 4) is 0 Å². The third-order valence-corrected chi connectivity index (χ3v) is 0. The minimum absolute atomic E-state index is 1.00. The van der Waals surface area contributed by atoms with Crippen molar-refractivity contribution in [2.24, 2.45) is 0 Å². The lowest BCUT2D eigenvalue weighted by Gasteiger charge is -2.14. The zero-order valence-electron chi connectivity index (χ0n) is 5.20. The topological polar surface area (TPSA) is 0 Å². The van der Waals surface area contributed by atoms with Crippen LogP contribution in [-0.4, -0.2) is 32.7 Å². The standard InChI is InChI=1S/C4H12N.I2/c1-5(2,3)4;1-2/h1-4H3;/q+1;. The summed E-state index contributed by atoms with van der Waals surface area (Å²) < 4.78 is 1.00. The molecule has 0 saturated carbocycles. The summed E-state index contributed by atoms with van der Waals surface area (Å²) >= 11 is 4.24. The van der Waals surface area contributed by atoms with E-state index < -0.39 is 0 Å². The molecule has 3 heteroatoms. The second-order valence-corrected chi connectivity index (χ2v) is 2.68. The van der Waals surface area contributed by atoms with E-state index in [4.69, 9.17) is 0 Å². The Labute approximate surface area is 69.4 Å². The van der Waals surface area contributed by atoms with Crippen molar-refractivity contribution < 1.29 is 4.48 Å². The Morgan fingerprint density at radius 1 is 0.857 bits per heavy atom. The van der Waals surface area contributed by atoms with Crippen LogP contribution in [0.5, 0.6) is 0 Å². The van der Waals surface area contributed by atoms with Crippen molar-refractivity contribution in [2.75, 3.05) is 28.2 Å². The summed E-state index contributed by atoms with van der Waals surface area (Å²) in [5.74, 6) is 0. The molecule has 0 aromatic rings. The van der Waals surface area contributed by atoms with E-state index in [2.05, 4.69) is 65.4 Å². The van der Waals surface area contributed by atoms with Gasteiger partial charge in [0.2, 0.25) is 0 Å². The fourth-order valence-corrected chi connectivity index (χ4v) is 0. The largest absolute Gasteiger partial charge is 0.333 e. The van der Waals surface area contributed by atoms with E-state index in [9.17, 15) is 0 Å². The molecule has 0 atom stereocenters. The number of halogens is 2. The quantitative estimate of drug-likeness (QED) is 0.472. The predicted molar refractivity (Wildman–Crippen MR) is 52.0 cm³/mol. The molecule has 7 heavy (non-hydrogen) atoms. The van der Waals surface area contributed by atoms with Gasteiger partial charge in [0, 0.05) is 37.2 Å². The second kappa shape index (κ2) is 5.55. The maximum Gasteiger partial charge on any atom is 0.0675 e. The maximum atomic E-state index is 2.12. The van der Waals surface area contributed by atoms with Gasteiger partial charge in [-0.2, -0.15) is 0 Å². The molecule has 0 N–H and O–H groups in total. The van der Waals surface area contributed by atoms with Gasteiger partial charge >= 0.3 is 0 Å². The fraction of sp³-hybridized carbons (Fsp3) is 1.00. The molecule has 0 spiro atoms. The lowest BCUT2D eigenvalue weighted by Crippen LogP contribution is -2.27. The lowest BCUT2D eigenvalue weighted by molar-refractivity contribution is -0.849. The minimum atomic E-state index is 1.00. The average molecular weight is 328 g/mol. The Kier molecular flexibility index (Phi) is 8.93. The maximum absolute atomic E-state index is 2.12. The van der Waals surface area contributed by atoms with Gasteiger partial charge in [-0.05, 0) is 0 Å². The van der Waals surface area contributed by atoms with Gasteiger partial charge in [-0.25, -0.2) is 0 Å². The van der Waals surface area contributed by atoms with Crippen LogP contribution in [0.25, 0.3) is 0 Å². The Bertz CT molecular complexity index is 25.2. The van der Waals surface area contributed by atoms with Gasteiger partial charge in [-0.15, -0.1) is 0 Å². The summed E-state index contributed by atoms with van der Waals surface area (Å²) in [4.78, 5) is 0. The fourth-order valence-electron chi connectivity index (χ4n) is 0. The van der Waals surface area contributed by atoms with Crippen LogP contribution in [0.4, 0.5) is 0 Å². The van der Waals surface area contributed by atoms with Crippen LogP contribution < -0.4 is 0 Å². The SMILES string of the molecule is C[N+](C)(C)C.II. The molecule has 0 radical (unpaired) electrons. The summed E-state index contributed by atoms with van der Waals surface area (Å²) in [7, 11) is 8.50. The summed E-state index contributed by atoms with van der Waals surface area (Å²) in [6.07, 6.45) is 0. The van der Waals surface area contributed by atoms with Crippen LogP contribution in [-0.2, 0) is 0 Å². The zero-order valence-corrected chi connectivity index (χ0v) is 9.52. The van der Waals surface area contributed by atoms with Gasteiger partial charge < -0.3 is 4.48 Å². The second-order valence-electron chi connectivity index (χ2n) is 2.68. The summed E-state index contributed by atoms with van der Waals surface area (Å²) in [5, 5.41) is 0. The predicted octanol–water partition coefficient (Wildman–Crippen LogP) is 2.09. The molecule has 0 aliphatic carbocycles. The van der Waals surface area contributed by atoms with Crippen molar-refractivity contribution >= 4 is 37.2 Å². The first-order valence-corrected chi connectivity index (χ1v) is 8.22. The summed E-state index contributed by atoms with van der Waals surface area (Å²) in [5.41, 5.74) is 0. The molecule has 0 aromatic heterocycles. The van der Waals surface area contributed by atoms with Crippen molar-refractivity contribution in [3.63, 3.8) is 0 Å². The molecule has 0 heterocycles. The van der Waals surface area contributed by atoms with Gasteiger partial charge in [0.15, 0.2) is 0 Å². The van der Waals surface area contributed by atoms with Crippen LogP contribution in [0.2, 0.25) is 0 Å². The minimum Gasteiger partial charge on any atom is -0.333 e. The Morgan fingerprint density at radius 2 is 0.857 bits per heavy atom. The zero-order chi connectivity index (χ0) is 6.50.